The molecule has 0 aromatic rings. The molecule has 1 heterocycles. The van der Waals surface area contributed by atoms with Crippen LogP contribution >= 0.6 is 0 Å². The molecule has 0 radical (unpaired) electrons. The van der Waals surface area contributed by atoms with Gasteiger partial charge in [-0.05, 0) is 32.2 Å². The maximum absolute atomic E-state index is 8.48. The summed E-state index contributed by atoms with van der Waals surface area (Å²) in [5.74, 6) is 0. The van der Waals surface area contributed by atoms with Crippen LogP contribution in [0.2, 0.25) is 0 Å². The lowest BCUT2D eigenvalue weighted by molar-refractivity contribution is 0.190. The summed E-state index contributed by atoms with van der Waals surface area (Å²) in [4.78, 5) is 2.53. The molecule has 0 spiro atoms. The summed E-state index contributed by atoms with van der Waals surface area (Å²) < 4.78 is 0. The zero-order valence-corrected chi connectivity index (χ0v) is 7.29. The second kappa shape index (κ2) is 3.32. The number of nitriles is 1. The summed E-state index contributed by atoms with van der Waals surface area (Å²) in [6, 6.07) is 1.28. The van der Waals surface area contributed by atoms with Gasteiger partial charge in [-0.3, -0.25) is 4.90 Å². The number of hydrogen-bond donors (Lipinski definition) is 1. The molecule has 1 saturated carbocycles. The second-order valence-corrected chi connectivity index (χ2v) is 3.82. The molecule has 66 valence electrons. The minimum atomic E-state index is 0.421. The number of piperidine rings is 1. The predicted octanol–water partition coefficient (Wildman–Crippen LogP) is 0.684. The Morgan fingerprint density at radius 3 is 2.83 bits per heavy atom. The van der Waals surface area contributed by atoms with Crippen molar-refractivity contribution in [1.29, 1.82) is 5.26 Å². The van der Waals surface area contributed by atoms with Gasteiger partial charge in [0.2, 0.25) is 0 Å². The van der Waals surface area contributed by atoms with E-state index in [-0.39, 0.29) is 0 Å². The summed E-state index contributed by atoms with van der Waals surface area (Å²) in [5, 5.41) is 11.3. The molecule has 0 aromatic carbocycles. The molecule has 0 amide bonds. The molecule has 1 saturated heterocycles. The lowest BCUT2D eigenvalue weighted by Gasteiger charge is -2.31. The fraction of sp³-hybridized carbons (Fsp3) is 0.889. The molecular weight excluding hydrogens is 150 g/mol. The van der Waals surface area contributed by atoms with Crippen LogP contribution in [0.4, 0.5) is 0 Å². The Balaban J connectivity index is 1.81. The van der Waals surface area contributed by atoms with E-state index in [4.69, 9.17) is 5.26 Å². The van der Waals surface area contributed by atoms with Gasteiger partial charge in [0.25, 0.3) is 0 Å². The summed E-state index contributed by atoms with van der Waals surface area (Å²) in [6.07, 6.45) is 7.20. The quantitative estimate of drug-likeness (QED) is 0.483. The number of hydrogen-bond acceptors (Lipinski definition) is 3. The molecule has 1 aliphatic carbocycles. The zero-order valence-electron chi connectivity index (χ0n) is 7.29. The lowest BCUT2D eigenvalue weighted by atomic mass is 10.1. The van der Waals surface area contributed by atoms with Crippen LogP contribution in [0.15, 0.2) is 0 Å². The molecule has 3 nitrogen and oxygen atoms in total. The van der Waals surface area contributed by atoms with Crippen LogP contribution in [-0.4, -0.2) is 30.1 Å². The van der Waals surface area contributed by atoms with Crippen molar-refractivity contribution < 1.29 is 0 Å². The van der Waals surface area contributed by atoms with E-state index in [9.17, 15) is 0 Å². The Hall–Kier alpha value is -0.750. The highest BCUT2D eigenvalue weighted by molar-refractivity contribution is 4.91. The van der Waals surface area contributed by atoms with E-state index in [1.54, 1.807) is 0 Å². The van der Waals surface area contributed by atoms with Crippen molar-refractivity contribution in [2.24, 2.45) is 0 Å². The highest BCUT2D eigenvalue weighted by Crippen LogP contribution is 2.29. The fourth-order valence-corrected chi connectivity index (χ4v) is 1.99. The van der Waals surface area contributed by atoms with Crippen molar-refractivity contribution in [3.63, 3.8) is 0 Å². The van der Waals surface area contributed by atoms with E-state index < -0.39 is 0 Å². The van der Waals surface area contributed by atoms with Crippen LogP contribution in [0.5, 0.6) is 0 Å². The first kappa shape index (κ1) is 7.88. The number of rotatable bonds is 2. The van der Waals surface area contributed by atoms with E-state index in [0.717, 1.165) is 19.0 Å². The Morgan fingerprint density at radius 2 is 2.17 bits per heavy atom. The van der Waals surface area contributed by atoms with E-state index in [1.165, 1.54) is 25.8 Å². The lowest BCUT2D eigenvalue weighted by Crippen LogP contribution is -2.45. The van der Waals surface area contributed by atoms with Gasteiger partial charge in [0.05, 0.1) is 0 Å². The van der Waals surface area contributed by atoms with Crippen LogP contribution in [0, 0.1) is 11.5 Å². The van der Waals surface area contributed by atoms with Crippen LogP contribution in [-0.2, 0) is 0 Å². The Labute approximate surface area is 73.3 Å². The van der Waals surface area contributed by atoms with Crippen molar-refractivity contribution in [3.8, 4) is 6.19 Å². The van der Waals surface area contributed by atoms with Gasteiger partial charge in [0, 0.05) is 18.6 Å². The van der Waals surface area contributed by atoms with E-state index >= 15 is 0 Å². The summed E-state index contributed by atoms with van der Waals surface area (Å²) in [6.45, 7) is 2.33. The largest absolute Gasteiger partial charge is 0.319 e. The maximum Gasteiger partial charge on any atom is 0.176 e. The normalized spacial score (nSPS) is 31.1. The number of nitrogens with one attached hydrogen (secondary N) is 1. The van der Waals surface area contributed by atoms with Crippen LogP contribution in [0.1, 0.15) is 25.7 Å². The third-order valence-electron chi connectivity index (χ3n) is 2.78. The molecule has 2 rings (SSSR count). The van der Waals surface area contributed by atoms with Gasteiger partial charge in [-0.25, -0.2) is 0 Å². The van der Waals surface area contributed by atoms with E-state index in [1.807, 2.05) is 6.19 Å². The van der Waals surface area contributed by atoms with Crippen molar-refractivity contribution >= 4 is 0 Å². The highest BCUT2D eigenvalue weighted by atomic mass is 15.2. The predicted molar refractivity (Wildman–Crippen MR) is 46.4 cm³/mol. The fourth-order valence-electron chi connectivity index (χ4n) is 1.99. The Bertz CT molecular complexity index is 192. The molecule has 2 fully saturated rings. The smallest absolute Gasteiger partial charge is 0.176 e. The average Bonchev–Trinajstić information content (AvgIpc) is 2.88. The molecule has 2 aliphatic rings. The Kier molecular flexibility index (Phi) is 2.18. The SMILES string of the molecule is N#CNC1CCCN(C2CC2)C1. The summed E-state index contributed by atoms with van der Waals surface area (Å²) >= 11 is 0. The highest BCUT2D eigenvalue weighted by Gasteiger charge is 2.32. The Morgan fingerprint density at radius 1 is 1.33 bits per heavy atom. The summed E-state index contributed by atoms with van der Waals surface area (Å²) in [7, 11) is 0. The topological polar surface area (TPSA) is 39.1 Å². The third-order valence-corrected chi connectivity index (χ3v) is 2.78. The zero-order chi connectivity index (χ0) is 8.39. The molecule has 0 bridgehead atoms. The van der Waals surface area contributed by atoms with Gasteiger partial charge in [0.1, 0.15) is 0 Å². The van der Waals surface area contributed by atoms with Crippen molar-refractivity contribution in [2.75, 3.05) is 13.1 Å². The van der Waals surface area contributed by atoms with Gasteiger partial charge in [-0.15, -0.1) is 0 Å². The van der Waals surface area contributed by atoms with Gasteiger partial charge < -0.3 is 5.32 Å². The molecular formula is C9H15N3. The number of nitrogens with zero attached hydrogens (tertiary/aromatic N) is 2. The van der Waals surface area contributed by atoms with Gasteiger partial charge in [-0.1, -0.05) is 0 Å². The first-order valence-electron chi connectivity index (χ1n) is 4.79. The van der Waals surface area contributed by atoms with E-state index in [0.29, 0.717) is 6.04 Å². The summed E-state index contributed by atoms with van der Waals surface area (Å²) in [5.41, 5.74) is 0. The average molecular weight is 165 g/mol. The second-order valence-electron chi connectivity index (χ2n) is 3.82. The van der Waals surface area contributed by atoms with Crippen molar-refractivity contribution in [2.45, 2.75) is 37.8 Å². The van der Waals surface area contributed by atoms with Crippen LogP contribution in [0.3, 0.4) is 0 Å². The van der Waals surface area contributed by atoms with Crippen LogP contribution in [0.25, 0.3) is 0 Å². The molecule has 1 unspecified atom stereocenters. The van der Waals surface area contributed by atoms with Gasteiger partial charge in [-0.2, -0.15) is 5.26 Å². The molecule has 1 atom stereocenters. The molecule has 0 aromatic heterocycles. The minimum Gasteiger partial charge on any atom is -0.319 e. The van der Waals surface area contributed by atoms with Crippen molar-refractivity contribution in [3.05, 3.63) is 0 Å². The van der Waals surface area contributed by atoms with Crippen LogP contribution < -0.4 is 5.32 Å². The molecule has 1 aliphatic heterocycles. The monoisotopic (exact) mass is 165 g/mol. The first-order valence-corrected chi connectivity index (χ1v) is 4.79. The number of likely N-dealkylation sites (tertiary alicyclic amines) is 1. The minimum absolute atomic E-state index is 0.421. The van der Waals surface area contributed by atoms with Crippen molar-refractivity contribution in [1.82, 2.24) is 10.2 Å². The standard InChI is InChI=1S/C9H15N3/c10-7-11-8-2-1-5-12(6-8)9-3-4-9/h8-9,11H,1-6H2. The maximum atomic E-state index is 8.48. The first-order chi connectivity index (χ1) is 5.90. The molecule has 12 heavy (non-hydrogen) atoms. The third kappa shape index (κ3) is 1.70. The molecule has 3 heteroatoms. The molecule has 1 N–H and O–H groups in total. The van der Waals surface area contributed by atoms with Gasteiger partial charge >= 0.3 is 0 Å². The van der Waals surface area contributed by atoms with E-state index in [2.05, 4.69) is 10.2 Å². The van der Waals surface area contributed by atoms with Gasteiger partial charge in [0.15, 0.2) is 6.19 Å².